The van der Waals surface area contributed by atoms with E-state index in [-0.39, 0.29) is 0 Å². The molecule has 0 aliphatic rings. The first-order valence-corrected chi connectivity index (χ1v) is 9.49. The fourth-order valence-corrected chi connectivity index (χ4v) is 2.87. The van der Waals surface area contributed by atoms with E-state index < -0.39 is 5.97 Å². The number of benzene rings is 2. The Bertz CT molecular complexity index is 973. The summed E-state index contributed by atoms with van der Waals surface area (Å²) in [6.07, 6.45) is 7.04. The summed E-state index contributed by atoms with van der Waals surface area (Å²) in [7, 11) is 0. The van der Waals surface area contributed by atoms with Crippen LogP contribution in [0, 0.1) is 0 Å². The summed E-state index contributed by atoms with van der Waals surface area (Å²) in [5, 5.41) is 0. The van der Waals surface area contributed by atoms with Crippen LogP contribution in [0.1, 0.15) is 23.9 Å². The molecule has 1 heterocycles. The van der Waals surface area contributed by atoms with Crippen LogP contribution in [0.4, 0.5) is 0 Å². The Hall–Kier alpha value is -3.60. The van der Waals surface area contributed by atoms with E-state index in [1.54, 1.807) is 25.3 Å². The Kier molecular flexibility index (Phi) is 7.00. The molecule has 0 radical (unpaired) electrons. The molecule has 1 aromatic heterocycles. The zero-order chi connectivity index (χ0) is 20.5. The molecule has 5 nitrogen and oxygen atoms in total. The smallest absolute Gasteiger partial charge is 0.341 e. The quantitative estimate of drug-likeness (QED) is 0.305. The predicted molar refractivity (Wildman–Crippen MR) is 114 cm³/mol. The molecule has 0 fully saturated rings. The number of hydrogen-bond acceptors (Lipinski definition) is 4. The number of rotatable bonds is 9. The Morgan fingerprint density at radius 1 is 1.14 bits per heavy atom. The molecule has 0 amide bonds. The van der Waals surface area contributed by atoms with Gasteiger partial charge in [-0.25, -0.2) is 9.78 Å². The summed E-state index contributed by atoms with van der Waals surface area (Å²) in [6.45, 7) is 6.78. The molecule has 5 heteroatoms. The van der Waals surface area contributed by atoms with Crippen molar-refractivity contribution in [3.8, 4) is 5.75 Å². The number of imidazole rings is 1. The fraction of sp³-hybridized carbons (Fsp3) is 0.167. The minimum absolute atomic E-state index is 0.296. The Balaban J connectivity index is 1.92. The van der Waals surface area contributed by atoms with E-state index in [9.17, 15) is 4.79 Å². The maximum Gasteiger partial charge on any atom is 0.341 e. The lowest BCUT2D eigenvalue weighted by Gasteiger charge is -2.11. The number of aromatic nitrogens is 2. The van der Waals surface area contributed by atoms with E-state index in [4.69, 9.17) is 9.47 Å². The summed E-state index contributed by atoms with van der Waals surface area (Å²) in [4.78, 5) is 17.1. The van der Waals surface area contributed by atoms with Crippen molar-refractivity contribution in [3.63, 3.8) is 0 Å². The number of ether oxygens (including phenoxy) is 2. The van der Waals surface area contributed by atoms with Gasteiger partial charge in [-0.2, -0.15) is 0 Å². The molecule has 2 aromatic carbocycles. The first kappa shape index (κ1) is 20.1. The number of carbonyl (C=O) groups excluding carboxylic acids is 1. The summed E-state index contributed by atoms with van der Waals surface area (Å²) < 4.78 is 12.7. The zero-order valence-corrected chi connectivity index (χ0v) is 16.5. The van der Waals surface area contributed by atoms with E-state index in [1.807, 2.05) is 65.4 Å². The van der Waals surface area contributed by atoms with Crippen molar-refractivity contribution >= 4 is 17.6 Å². The second-order valence-electron chi connectivity index (χ2n) is 6.31. The zero-order valence-electron chi connectivity index (χ0n) is 16.5. The second-order valence-corrected chi connectivity index (χ2v) is 6.31. The number of nitrogens with zero attached hydrogens (tertiary/aromatic N) is 2. The monoisotopic (exact) mass is 388 g/mol. The molecular formula is C24H24N2O3. The number of esters is 1. The highest BCUT2D eigenvalue weighted by atomic mass is 16.5. The maximum absolute atomic E-state index is 12.7. The summed E-state index contributed by atoms with van der Waals surface area (Å²) in [5.41, 5.74) is 2.39. The highest BCUT2D eigenvalue weighted by Crippen LogP contribution is 2.21. The van der Waals surface area contributed by atoms with Crippen molar-refractivity contribution in [1.82, 2.24) is 9.55 Å². The molecule has 0 unspecified atom stereocenters. The largest absolute Gasteiger partial charge is 0.490 e. The minimum Gasteiger partial charge on any atom is -0.490 e. The molecule has 0 aliphatic heterocycles. The molecule has 0 saturated carbocycles. The standard InChI is InChI=1S/C24H24N2O3/c1-3-16-29-21-12-10-19(11-13-21)17-22(24(27)28-4-2)23-25-14-15-26(23)18-20-8-6-5-7-9-20/h3,5-15,17H,1,4,16,18H2,2H3. The van der Waals surface area contributed by atoms with Crippen LogP contribution in [0.3, 0.4) is 0 Å². The lowest BCUT2D eigenvalue weighted by Crippen LogP contribution is -2.12. The van der Waals surface area contributed by atoms with Gasteiger partial charge in [0.25, 0.3) is 0 Å². The first-order chi connectivity index (χ1) is 14.2. The summed E-state index contributed by atoms with van der Waals surface area (Å²) in [6, 6.07) is 17.5. The average molecular weight is 388 g/mol. The van der Waals surface area contributed by atoms with Crippen molar-refractivity contribution in [1.29, 1.82) is 0 Å². The van der Waals surface area contributed by atoms with Crippen molar-refractivity contribution in [2.45, 2.75) is 13.5 Å². The van der Waals surface area contributed by atoms with Gasteiger partial charge in [0.15, 0.2) is 0 Å². The molecular weight excluding hydrogens is 364 g/mol. The van der Waals surface area contributed by atoms with E-state index >= 15 is 0 Å². The highest BCUT2D eigenvalue weighted by molar-refractivity contribution is 6.20. The molecule has 29 heavy (non-hydrogen) atoms. The molecule has 148 valence electrons. The Morgan fingerprint density at radius 2 is 1.90 bits per heavy atom. The molecule has 0 atom stereocenters. The van der Waals surface area contributed by atoms with E-state index in [0.29, 0.717) is 31.2 Å². The van der Waals surface area contributed by atoms with Gasteiger partial charge in [-0.3, -0.25) is 0 Å². The van der Waals surface area contributed by atoms with Crippen molar-refractivity contribution < 1.29 is 14.3 Å². The van der Waals surface area contributed by atoms with E-state index in [1.165, 1.54) is 0 Å². The average Bonchev–Trinajstić information content (AvgIpc) is 3.20. The molecule has 3 rings (SSSR count). The fourth-order valence-electron chi connectivity index (χ4n) is 2.87. The van der Waals surface area contributed by atoms with Gasteiger partial charge in [0.2, 0.25) is 0 Å². The highest BCUT2D eigenvalue weighted by Gasteiger charge is 2.19. The van der Waals surface area contributed by atoms with Crippen molar-refractivity contribution in [3.05, 3.63) is 96.6 Å². The van der Waals surface area contributed by atoms with E-state index in [0.717, 1.165) is 16.9 Å². The van der Waals surface area contributed by atoms with Crippen LogP contribution in [0.2, 0.25) is 0 Å². The van der Waals surface area contributed by atoms with Gasteiger partial charge in [0.1, 0.15) is 23.8 Å². The van der Waals surface area contributed by atoms with Gasteiger partial charge >= 0.3 is 5.97 Å². The van der Waals surface area contributed by atoms with Crippen LogP contribution in [-0.2, 0) is 16.1 Å². The van der Waals surface area contributed by atoms with Gasteiger partial charge in [0.05, 0.1) is 6.61 Å². The lowest BCUT2D eigenvalue weighted by molar-refractivity contribution is -0.136. The third-order valence-corrected chi connectivity index (χ3v) is 4.21. The molecule has 3 aromatic rings. The van der Waals surface area contributed by atoms with Gasteiger partial charge in [-0.15, -0.1) is 0 Å². The van der Waals surface area contributed by atoms with Crippen LogP contribution >= 0.6 is 0 Å². The van der Waals surface area contributed by atoms with Crippen molar-refractivity contribution in [2.75, 3.05) is 13.2 Å². The van der Waals surface area contributed by atoms with Crippen LogP contribution in [0.25, 0.3) is 11.6 Å². The molecule has 0 aliphatic carbocycles. The topological polar surface area (TPSA) is 53.4 Å². The first-order valence-electron chi connectivity index (χ1n) is 9.49. The molecule has 0 N–H and O–H groups in total. The molecule has 0 spiro atoms. The third-order valence-electron chi connectivity index (χ3n) is 4.21. The van der Waals surface area contributed by atoms with Crippen LogP contribution < -0.4 is 4.74 Å². The SMILES string of the molecule is C=CCOc1ccc(C=C(C(=O)OCC)c2nccn2Cc2ccccc2)cc1. The second kappa shape index (κ2) is 10.1. The lowest BCUT2D eigenvalue weighted by atomic mass is 10.1. The normalized spacial score (nSPS) is 11.1. The predicted octanol–water partition coefficient (Wildman–Crippen LogP) is 4.60. The van der Waals surface area contributed by atoms with Gasteiger partial charge in [-0.05, 0) is 36.3 Å². The minimum atomic E-state index is -0.403. The summed E-state index contributed by atoms with van der Waals surface area (Å²) in [5.74, 6) is 0.907. The summed E-state index contributed by atoms with van der Waals surface area (Å²) >= 11 is 0. The Labute approximate surface area is 170 Å². The van der Waals surface area contributed by atoms with E-state index in [2.05, 4.69) is 11.6 Å². The van der Waals surface area contributed by atoms with Crippen LogP contribution in [-0.4, -0.2) is 28.7 Å². The maximum atomic E-state index is 12.7. The van der Waals surface area contributed by atoms with Crippen molar-refractivity contribution in [2.24, 2.45) is 0 Å². The van der Waals surface area contributed by atoms with Gasteiger partial charge in [-0.1, -0.05) is 55.1 Å². The third kappa shape index (κ3) is 5.45. The van der Waals surface area contributed by atoms with Gasteiger partial charge < -0.3 is 14.0 Å². The van der Waals surface area contributed by atoms with Gasteiger partial charge in [0, 0.05) is 18.9 Å². The Morgan fingerprint density at radius 3 is 2.59 bits per heavy atom. The number of hydrogen-bond donors (Lipinski definition) is 0. The van der Waals surface area contributed by atoms with Crippen LogP contribution in [0.15, 0.2) is 79.6 Å². The molecule has 0 saturated heterocycles. The van der Waals surface area contributed by atoms with Crippen LogP contribution in [0.5, 0.6) is 5.75 Å². The number of carbonyl (C=O) groups is 1. The molecule has 0 bridgehead atoms.